The predicted molar refractivity (Wildman–Crippen MR) is 64.7 cm³/mol. The van der Waals surface area contributed by atoms with Crippen molar-refractivity contribution in [3.05, 3.63) is 0 Å². The Bertz CT molecular complexity index is 491. The van der Waals surface area contributed by atoms with Gasteiger partial charge in [-0.2, -0.15) is 0 Å². The third-order valence-electron chi connectivity index (χ3n) is 3.24. The molecule has 18 heavy (non-hydrogen) atoms. The highest BCUT2D eigenvalue weighted by Crippen LogP contribution is 2.21. The summed E-state index contributed by atoms with van der Waals surface area (Å²) in [5.74, 6) is -0.333. The number of carbonyl (C=O) groups excluding carboxylic acids is 2. The summed E-state index contributed by atoms with van der Waals surface area (Å²) >= 11 is 0. The number of nitrogens with zero attached hydrogens (tertiary/aromatic N) is 2. The topological polar surface area (TPSA) is 95.9 Å². The van der Waals surface area contributed by atoms with Gasteiger partial charge in [0.05, 0.1) is 0 Å². The van der Waals surface area contributed by atoms with Gasteiger partial charge in [0.15, 0.2) is 5.25 Å². The van der Waals surface area contributed by atoms with Crippen molar-refractivity contribution in [3.8, 4) is 0 Å². The number of imide groups is 1. The third kappa shape index (κ3) is 2.44. The Morgan fingerprint density at radius 1 is 1.33 bits per heavy atom. The van der Waals surface area contributed by atoms with Gasteiger partial charge in [-0.25, -0.2) is 22.5 Å². The number of nitrogens with one attached hydrogen (secondary N) is 1. The minimum absolute atomic E-state index is 0.412. The molecule has 7 nitrogen and oxygen atoms in total. The quantitative estimate of drug-likeness (QED) is 0.749. The first-order chi connectivity index (χ1) is 8.41. The second-order valence-corrected chi connectivity index (χ2v) is 6.67. The van der Waals surface area contributed by atoms with E-state index in [1.165, 1.54) is 4.31 Å². The Hall–Kier alpha value is -1.28. The van der Waals surface area contributed by atoms with Gasteiger partial charge >= 0.3 is 6.03 Å². The number of carbonyl (C=O) groups is 2. The second kappa shape index (κ2) is 4.77. The van der Waals surface area contributed by atoms with Crippen LogP contribution in [0.4, 0.5) is 4.79 Å². The van der Waals surface area contributed by atoms with Gasteiger partial charge in [0.25, 0.3) is 5.91 Å². The molecule has 2 rings (SSSR count). The van der Waals surface area contributed by atoms with E-state index in [1.54, 1.807) is 0 Å². The van der Waals surface area contributed by atoms with Crippen LogP contribution in [-0.4, -0.2) is 49.2 Å². The zero-order valence-electron chi connectivity index (χ0n) is 10.00. The Balaban J connectivity index is 2.18. The predicted octanol–water partition coefficient (Wildman–Crippen LogP) is -0.263. The molecule has 0 aromatic rings. The number of hydrogen-bond donors (Lipinski definition) is 1. The van der Waals surface area contributed by atoms with E-state index in [1.807, 2.05) is 5.32 Å². The fourth-order valence-electron chi connectivity index (χ4n) is 2.02. The molecule has 0 aliphatic carbocycles. The van der Waals surface area contributed by atoms with Crippen molar-refractivity contribution in [2.75, 3.05) is 13.1 Å². The molecule has 1 atom stereocenters. The van der Waals surface area contributed by atoms with E-state index in [4.69, 9.17) is 0 Å². The molecular formula is C10H15N3O4S. The smallest absolute Gasteiger partial charge is 0.275 e. The number of sulfonamides is 1. The number of hydrogen-bond acceptors (Lipinski definition) is 4. The zero-order chi connectivity index (χ0) is 13.3. The monoisotopic (exact) mass is 273 g/mol. The summed E-state index contributed by atoms with van der Waals surface area (Å²) in [6.45, 7) is 2.89. The highest BCUT2D eigenvalue weighted by Gasteiger charge is 2.39. The van der Waals surface area contributed by atoms with Gasteiger partial charge in [0.2, 0.25) is 10.0 Å². The summed E-state index contributed by atoms with van der Waals surface area (Å²) in [6, 6.07) is -0.821. The minimum atomic E-state index is -3.76. The van der Waals surface area contributed by atoms with E-state index >= 15 is 0 Å². The molecule has 3 amide bonds. The van der Waals surface area contributed by atoms with Gasteiger partial charge in [-0.3, -0.25) is 10.1 Å². The van der Waals surface area contributed by atoms with E-state index in [-0.39, 0.29) is 0 Å². The van der Waals surface area contributed by atoms with Crippen molar-refractivity contribution in [3.63, 3.8) is 0 Å². The van der Waals surface area contributed by atoms with Gasteiger partial charge in [-0.05, 0) is 18.8 Å². The van der Waals surface area contributed by atoms with E-state index in [2.05, 4.69) is 11.9 Å². The highest BCUT2D eigenvalue weighted by molar-refractivity contribution is 7.91. The molecule has 1 N–H and O–H groups in total. The van der Waals surface area contributed by atoms with Crippen LogP contribution in [0.1, 0.15) is 19.8 Å². The first-order valence-corrected chi connectivity index (χ1v) is 7.29. The summed E-state index contributed by atoms with van der Waals surface area (Å²) in [5, 5.41) is 0.516. The molecule has 1 unspecified atom stereocenters. The zero-order valence-corrected chi connectivity index (χ0v) is 10.8. The van der Waals surface area contributed by atoms with Crippen molar-refractivity contribution in [2.45, 2.75) is 25.0 Å². The standard InChI is InChI=1S/C10H15N3O4S/c1-7-2-4-13(5-3-7)18(16,17)8-6-11-10(15)12-9(8)14/h6-8H,2-5H2,1H3,(H,12,14,15). The number of piperidine rings is 1. The van der Waals surface area contributed by atoms with Gasteiger partial charge < -0.3 is 0 Å². The molecule has 2 aliphatic rings. The van der Waals surface area contributed by atoms with Crippen LogP contribution < -0.4 is 5.32 Å². The summed E-state index contributed by atoms with van der Waals surface area (Å²) in [6.07, 6.45) is 2.47. The van der Waals surface area contributed by atoms with Crippen LogP contribution in [-0.2, 0) is 14.8 Å². The van der Waals surface area contributed by atoms with Crippen LogP contribution in [0, 0.1) is 5.92 Å². The largest absolute Gasteiger partial charge is 0.347 e. The van der Waals surface area contributed by atoms with Crippen LogP contribution in [0.2, 0.25) is 0 Å². The first kappa shape index (κ1) is 13.2. The normalized spacial score (nSPS) is 27.3. The SMILES string of the molecule is CC1CCN(S(=O)(=O)C2C=NC(=O)NC2=O)CC1. The summed E-state index contributed by atoms with van der Waals surface area (Å²) in [7, 11) is -3.76. The molecule has 1 fully saturated rings. The second-order valence-electron chi connectivity index (χ2n) is 4.62. The van der Waals surface area contributed by atoms with Crippen molar-refractivity contribution in [1.82, 2.24) is 9.62 Å². The van der Waals surface area contributed by atoms with Crippen LogP contribution in [0.5, 0.6) is 0 Å². The number of rotatable bonds is 2. The molecule has 0 aromatic heterocycles. The fourth-order valence-corrected chi connectivity index (χ4v) is 3.61. The average Bonchev–Trinajstić information content (AvgIpc) is 2.29. The Kier molecular flexibility index (Phi) is 3.49. The lowest BCUT2D eigenvalue weighted by Gasteiger charge is -2.31. The average molecular weight is 273 g/mol. The molecular weight excluding hydrogens is 258 g/mol. The fraction of sp³-hybridized carbons (Fsp3) is 0.700. The maximum absolute atomic E-state index is 12.2. The van der Waals surface area contributed by atoms with Crippen LogP contribution in [0.25, 0.3) is 0 Å². The number of aliphatic imine (C=N–C) groups is 1. The molecule has 8 heteroatoms. The Morgan fingerprint density at radius 2 is 1.94 bits per heavy atom. The third-order valence-corrected chi connectivity index (χ3v) is 5.30. The van der Waals surface area contributed by atoms with Gasteiger partial charge in [0, 0.05) is 19.3 Å². The van der Waals surface area contributed by atoms with Gasteiger partial charge in [-0.15, -0.1) is 0 Å². The number of amides is 3. The lowest BCUT2D eigenvalue weighted by molar-refractivity contribution is -0.118. The van der Waals surface area contributed by atoms with Crippen LogP contribution in [0.3, 0.4) is 0 Å². The van der Waals surface area contributed by atoms with Gasteiger partial charge in [-0.1, -0.05) is 6.92 Å². The van der Waals surface area contributed by atoms with Crippen LogP contribution in [0.15, 0.2) is 4.99 Å². The van der Waals surface area contributed by atoms with Crippen molar-refractivity contribution >= 4 is 28.2 Å². The lowest BCUT2D eigenvalue weighted by Crippen LogP contribution is -2.52. The van der Waals surface area contributed by atoms with Crippen molar-refractivity contribution in [2.24, 2.45) is 10.9 Å². The van der Waals surface area contributed by atoms with Gasteiger partial charge in [0.1, 0.15) is 0 Å². The maximum atomic E-state index is 12.2. The molecule has 1 saturated heterocycles. The molecule has 0 bridgehead atoms. The van der Waals surface area contributed by atoms with Crippen molar-refractivity contribution in [1.29, 1.82) is 0 Å². The highest BCUT2D eigenvalue weighted by atomic mass is 32.2. The molecule has 0 saturated carbocycles. The lowest BCUT2D eigenvalue weighted by atomic mass is 10.0. The number of urea groups is 1. The van der Waals surface area contributed by atoms with Crippen molar-refractivity contribution < 1.29 is 18.0 Å². The molecule has 0 spiro atoms. The van der Waals surface area contributed by atoms with E-state index in [9.17, 15) is 18.0 Å². The molecule has 2 aliphatic heterocycles. The van der Waals surface area contributed by atoms with E-state index in [0.717, 1.165) is 19.1 Å². The molecule has 0 radical (unpaired) electrons. The maximum Gasteiger partial charge on any atom is 0.347 e. The summed E-state index contributed by atoms with van der Waals surface area (Å²) in [4.78, 5) is 25.7. The molecule has 2 heterocycles. The Morgan fingerprint density at radius 3 is 2.50 bits per heavy atom. The van der Waals surface area contributed by atoms with E-state index < -0.39 is 27.2 Å². The Labute approximate surface area is 105 Å². The minimum Gasteiger partial charge on any atom is -0.275 e. The molecule has 100 valence electrons. The summed E-state index contributed by atoms with van der Waals surface area (Å²) in [5.41, 5.74) is 0. The molecule has 0 aromatic carbocycles. The first-order valence-electron chi connectivity index (χ1n) is 5.79. The summed E-state index contributed by atoms with van der Waals surface area (Å²) < 4.78 is 25.8. The van der Waals surface area contributed by atoms with E-state index in [0.29, 0.717) is 19.0 Å². The van der Waals surface area contributed by atoms with Crippen LogP contribution >= 0.6 is 0 Å².